The quantitative estimate of drug-likeness (QED) is 0.458. The molecule has 0 saturated carbocycles. The molecule has 0 saturated heterocycles. The molecule has 0 fully saturated rings. The molecule has 0 atom stereocenters. The first kappa shape index (κ1) is 21.7. The number of rotatable bonds is 7. The summed E-state index contributed by atoms with van der Waals surface area (Å²) >= 11 is 1.10. The zero-order chi connectivity index (χ0) is 21.8. The van der Waals surface area contributed by atoms with E-state index >= 15 is 0 Å². The van der Waals surface area contributed by atoms with Gasteiger partial charge in [-0.05, 0) is 37.5 Å². The first-order valence-corrected chi connectivity index (χ1v) is 10.2. The van der Waals surface area contributed by atoms with Crippen LogP contribution >= 0.6 is 11.3 Å². The molecule has 1 N–H and O–H groups in total. The molecule has 30 heavy (non-hydrogen) atoms. The van der Waals surface area contributed by atoms with Crippen molar-refractivity contribution in [1.82, 2.24) is 9.55 Å². The molecule has 8 nitrogen and oxygen atoms in total. The number of ether oxygens (including phenoxy) is 2. The van der Waals surface area contributed by atoms with Crippen LogP contribution in [-0.2, 0) is 20.8 Å². The Labute approximate surface area is 177 Å². The van der Waals surface area contributed by atoms with E-state index in [2.05, 4.69) is 10.3 Å². The van der Waals surface area contributed by atoms with Gasteiger partial charge in [0.1, 0.15) is 22.9 Å². The Morgan fingerprint density at radius 3 is 2.53 bits per heavy atom. The van der Waals surface area contributed by atoms with Gasteiger partial charge in [-0.3, -0.25) is 14.2 Å². The molecule has 0 bridgehead atoms. The number of nitrogens with zero attached hydrogens (tertiary/aromatic N) is 2. The minimum Gasteiger partial charge on any atom is -0.459 e. The fourth-order valence-electron chi connectivity index (χ4n) is 3.10. The van der Waals surface area contributed by atoms with Gasteiger partial charge < -0.3 is 14.8 Å². The number of aryl methyl sites for hydroxylation is 3. The Bertz CT molecular complexity index is 1150. The Balaban J connectivity index is 1.85. The van der Waals surface area contributed by atoms with E-state index in [-0.39, 0.29) is 31.2 Å². The van der Waals surface area contributed by atoms with Crippen LogP contribution in [-0.4, -0.2) is 41.8 Å². The Morgan fingerprint density at radius 2 is 1.87 bits per heavy atom. The number of hydrogen-bond acceptors (Lipinski definition) is 7. The van der Waals surface area contributed by atoms with Crippen molar-refractivity contribution in [3.63, 3.8) is 0 Å². The van der Waals surface area contributed by atoms with E-state index in [0.29, 0.717) is 20.7 Å². The third kappa shape index (κ3) is 4.42. The summed E-state index contributed by atoms with van der Waals surface area (Å²) in [6.45, 7) is 5.72. The molecular formula is C21H23N3O5S. The van der Waals surface area contributed by atoms with E-state index in [4.69, 9.17) is 9.47 Å². The summed E-state index contributed by atoms with van der Waals surface area (Å²) in [4.78, 5) is 42.8. The molecule has 0 unspecified atom stereocenters. The number of thiophene rings is 1. The van der Waals surface area contributed by atoms with Gasteiger partial charge in [-0.1, -0.05) is 18.2 Å². The number of nitrogens with one attached hydrogen (secondary N) is 1. The Hall–Kier alpha value is -3.04. The topological polar surface area (TPSA) is 99.5 Å². The molecule has 0 aliphatic carbocycles. The van der Waals surface area contributed by atoms with E-state index in [1.165, 1.54) is 18.0 Å². The number of hydrogen-bond donors (Lipinski definition) is 1. The summed E-state index contributed by atoms with van der Waals surface area (Å²) in [7, 11) is 1.52. The molecule has 2 aromatic heterocycles. The van der Waals surface area contributed by atoms with Gasteiger partial charge in [-0.15, -0.1) is 11.3 Å². The van der Waals surface area contributed by atoms with Gasteiger partial charge in [0.05, 0.1) is 18.3 Å². The normalized spacial score (nSPS) is 10.9. The van der Waals surface area contributed by atoms with E-state index in [0.717, 1.165) is 28.2 Å². The van der Waals surface area contributed by atoms with Crippen molar-refractivity contribution in [3.05, 3.63) is 56.4 Å². The number of carbonyl (C=O) groups is 2. The van der Waals surface area contributed by atoms with Gasteiger partial charge in [0, 0.05) is 12.8 Å². The van der Waals surface area contributed by atoms with Crippen molar-refractivity contribution in [2.45, 2.75) is 27.3 Å². The molecule has 1 aromatic carbocycles. The lowest BCUT2D eigenvalue weighted by Gasteiger charge is -2.12. The number of amides is 1. The van der Waals surface area contributed by atoms with Crippen molar-refractivity contribution in [2.75, 3.05) is 25.6 Å². The predicted molar refractivity (Wildman–Crippen MR) is 115 cm³/mol. The molecule has 0 aliphatic rings. The van der Waals surface area contributed by atoms with Gasteiger partial charge in [0.25, 0.3) is 5.56 Å². The molecule has 158 valence electrons. The van der Waals surface area contributed by atoms with E-state index in [9.17, 15) is 14.4 Å². The van der Waals surface area contributed by atoms with Crippen molar-refractivity contribution in [1.29, 1.82) is 0 Å². The van der Waals surface area contributed by atoms with Crippen LogP contribution in [0.1, 0.15) is 26.4 Å². The fourth-order valence-corrected chi connectivity index (χ4v) is 4.13. The second-order valence-corrected chi connectivity index (χ2v) is 7.86. The summed E-state index contributed by atoms with van der Waals surface area (Å²) in [5.41, 5.74) is 2.74. The van der Waals surface area contributed by atoms with Crippen LogP contribution in [0, 0.1) is 20.8 Å². The number of para-hydroxylation sites is 1. The maximum absolute atomic E-state index is 12.9. The van der Waals surface area contributed by atoms with Crippen LogP contribution in [0.25, 0.3) is 10.2 Å². The summed E-state index contributed by atoms with van der Waals surface area (Å²) < 4.78 is 11.3. The molecule has 0 aliphatic heterocycles. The molecule has 1 amide bonds. The number of anilines is 1. The van der Waals surface area contributed by atoms with Gasteiger partial charge in [0.2, 0.25) is 5.91 Å². The third-order valence-electron chi connectivity index (χ3n) is 4.68. The number of benzene rings is 1. The average Bonchev–Trinajstić information content (AvgIpc) is 3.04. The number of esters is 1. The van der Waals surface area contributed by atoms with Crippen LogP contribution in [0.2, 0.25) is 0 Å². The van der Waals surface area contributed by atoms with Gasteiger partial charge in [-0.25, -0.2) is 9.78 Å². The van der Waals surface area contributed by atoms with E-state index in [1.54, 1.807) is 6.92 Å². The average molecular weight is 429 g/mol. The lowest BCUT2D eigenvalue weighted by Crippen LogP contribution is -2.28. The van der Waals surface area contributed by atoms with Crippen LogP contribution in [0.5, 0.6) is 0 Å². The standard InChI is InChI=1S/C21H23N3O5S/c1-12-6-5-7-13(2)17(12)23-15(25)10-24-11-22-19-16(20(24)26)14(3)18(30-19)21(27)29-9-8-28-4/h5-7,11H,8-10H2,1-4H3,(H,23,25). The SMILES string of the molecule is COCCOC(=O)c1sc2ncn(CC(=O)Nc3c(C)cccc3C)c(=O)c2c1C. The smallest absolute Gasteiger partial charge is 0.348 e. The summed E-state index contributed by atoms with van der Waals surface area (Å²) in [6, 6.07) is 5.73. The lowest BCUT2D eigenvalue weighted by atomic mass is 10.1. The number of carbonyl (C=O) groups excluding carboxylic acids is 2. The molecule has 3 aromatic rings. The zero-order valence-corrected chi connectivity index (χ0v) is 18.1. The Morgan fingerprint density at radius 1 is 1.17 bits per heavy atom. The third-order valence-corrected chi connectivity index (χ3v) is 5.86. The van der Waals surface area contributed by atoms with Gasteiger partial charge >= 0.3 is 5.97 Å². The molecule has 9 heteroatoms. The summed E-state index contributed by atoms with van der Waals surface area (Å²) in [5.74, 6) is -0.853. The van der Waals surface area contributed by atoms with Gasteiger partial charge in [-0.2, -0.15) is 0 Å². The zero-order valence-electron chi connectivity index (χ0n) is 17.3. The Kier molecular flexibility index (Phi) is 6.63. The van der Waals surface area contributed by atoms with Crippen LogP contribution < -0.4 is 10.9 Å². The van der Waals surface area contributed by atoms with Crippen LogP contribution in [0.15, 0.2) is 29.3 Å². The fraction of sp³-hybridized carbons (Fsp3) is 0.333. The molecule has 0 radical (unpaired) electrons. The highest BCUT2D eigenvalue weighted by Crippen LogP contribution is 2.27. The maximum Gasteiger partial charge on any atom is 0.348 e. The van der Waals surface area contributed by atoms with Gasteiger partial charge in [0.15, 0.2) is 0 Å². The second-order valence-electron chi connectivity index (χ2n) is 6.86. The first-order valence-electron chi connectivity index (χ1n) is 9.34. The summed E-state index contributed by atoms with van der Waals surface area (Å²) in [5, 5.41) is 3.18. The highest BCUT2D eigenvalue weighted by molar-refractivity contribution is 7.20. The molecule has 2 heterocycles. The highest BCUT2D eigenvalue weighted by atomic mass is 32.1. The monoisotopic (exact) mass is 429 g/mol. The minimum absolute atomic E-state index is 0.124. The molecule has 0 spiro atoms. The lowest BCUT2D eigenvalue weighted by molar-refractivity contribution is -0.116. The number of fused-ring (bicyclic) bond motifs is 1. The highest BCUT2D eigenvalue weighted by Gasteiger charge is 2.21. The van der Waals surface area contributed by atoms with Crippen molar-refractivity contribution >= 4 is 39.1 Å². The van der Waals surface area contributed by atoms with E-state index < -0.39 is 5.97 Å². The minimum atomic E-state index is -0.522. The second kappa shape index (κ2) is 9.19. The summed E-state index contributed by atoms with van der Waals surface area (Å²) in [6.07, 6.45) is 1.32. The van der Waals surface area contributed by atoms with Crippen LogP contribution in [0.4, 0.5) is 5.69 Å². The first-order chi connectivity index (χ1) is 14.3. The molecular weight excluding hydrogens is 406 g/mol. The number of aromatic nitrogens is 2. The van der Waals surface area contributed by atoms with E-state index in [1.807, 2.05) is 32.0 Å². The number of methoxy groups -OCH3 is 1. The van der Waals surface area contributed by atoms with Crippen molar-refractivity contribution < 1.29 is 19.1 Å². The molecule has 3 rings (SSSR count). The van der Waals surface area contributed by atoms with Crippen molar-refractivity contribution in [3.8, 4) is 0 Å². The predicted octanol–water partition coefficient (Wildman–Crippen LogP) is 2.83. The van der Waals surface area contributed by atoms with Crippen molar-refractivity contribution in [2.24, 2.45) is 0 Å². The van der Waals surface area contributed by atoms with Crippen LogP contribution in [0.3, 0.4) is 0 Å². The maximum atomic E-state index is 12.9. The largest absolute Gasteiger partial charge is 0.459 e.